The summed E-state index contributed by atoms with van der Waals surface area (Å²) < 4.78 is 37.9. The predicted molar refractivity (Wildman–Crippen MR) is 103 cm³/mol. The molecule has 27 heavy (non-hydrogen) atoms. The van der Waals surface area contributed by atoms with Gasteiger partial charge < -0.3 is 14.8 Å². The molecule has 0 atom stereocenters. The molecule has 0 aliphatic rings. The fourth-order valence-electron chi connectivity index (χ4n) is 2.53. The van der Waals surface area contributed by atoms with Gasteiger partial charge in [0, 0.05) is 23.7 Å². The van der Waals surface area contributed by atoms with Crippen molar-refractivity contribution in [1.82, 2.24) is 10.0 Å². The van der Waals surface area contributed by atoms with Crippen molar-refractivity contribution in [1.29, 1.82) is 0 Å². The van der Waals surface area contributed by atoms with Gasteiger partial charge in [0.05, 0.1) is 14.2 Å². The fraction of sp³-hybridized carbons (Fsp3) is 0.316. The van der Waals surface area contributed by atoms with Gasteiger partial charge in [0.2, 0.25) is 10.0 Å². The largest absolute Gasteiger partial charge is 0.496 e. The minimum absolute atomic E-state index is 0.0800. The van der Waals surface area contributed by atoms with Gasteiger partial charge >= 0.3 is 0 Å². The van der Waals surface area contributed by atoms with Gasteiger partial charge in [0.15, 0.2) is 0 Å². The second kappa shape index (κ2) is 8.88. The van der Waals surface area contributed by atoms with Gasteiger partial charge in [-0.1, -0.05) is 18.2 Å². The second-order valence-corrected chi connectivity index (χ2v) is 7.82. The number of rotatable bonds is 8. The van der Waals surface area contributed by atoms with E-state index >= 15 is 0 Å². The number of carbonyl (C=O) groups excluding carboxylic acids is 1. The number of hydrogen-bond acceptors (Lipinski definition) is 5. The first-order chi connectivity index (χ1) is 12.8. The van der Waals surface area contributed by atoms with E-state index < -0.39 is 15.9 Å². The minimum atomic E-state index is -3.81. The topological polar surface area (TPSA) is 93.7 Å². The van der Waals surface area contributed by atoms with Crippen molar-refractivity contribution in [2.75, 3.05) is 14.2 Å². The molecule has 8 heteroatoms. The lowest BCUT2D eigenvalue weighted by atomic mass is 10.1. The molecule has 146 valence electrons. The molecule has 2 rings (SSSR count). The van der Waals surface area contributed by atoms with Gasteiger partial charge in [-0.15, -0.1) is 0 Å². The number of benzene rings is 2. The van der Waals surface area contributed by atoms with E-state index in [1.165, 1.54) is 25.3 Å². The first kappa shape index (κ1) is 20.7. The molecule has 0 fully saturated rings. The van der Waals surface area contributed by atoms with Crippen LogP contribution in [0.15, 0.2) is 47.4 Å². The number of para-hydroxylation sites is 1. The molecule has 0 saturated heterocycles. The highest BCUT2D eigenvalue weighted by molar-refractivity contribution is 7.89. The number of sulfonamides is 1. The van der Waals surface area contributed by atoms with Crippen LogP contribution in [0.1, 0.15) is 29.8 Å². The third-order valence-corrected chi connectivity index (χ3v) is 5.42. The van der Waals surface area contributed by atoms with Gasteiger partial charge in [-0.2, -0.15) is 0 Å². The van der Waals surface area contributed by atoms with Crippen molar-refractivity contribution in [3.63, 3.8) is 0 Å². The molecule has 0 aliphatic carbocycles. The Morgan fingerprint density at radius 1 is 1.04 bits per heavy atom. The Balaban J connectivity index is 2.25. The quantitative estimate of drug-likeness (QED) is 0.719. The van der Waals surface area contributed by atoms with E-state index in [0.717, 1.165) is 5.56 Å². The molecule has 0 aliphatic heterocycles. The number of nitrogens with one attached hydrogen (secondary N) is 2. The molecule has 2 N–H and O–H groups in total. The smallest absolute Gasteiger partial charge is 0.251 e. The van der Waals surface area contributed by atoms with E-state index in [1.54, 1.807) is 27.0 Å². The molecule has 0 spiro atoms. The second-order valence-electron chi connectivity index (χ2n) is 6.14. The molecule has 2 aromatic carbocycles. The van der Waals surface area contributed by atoms with Crippen LogP contribution in [-0.4, -0.2) is 34.6 Å². The summed E-state index contributed by atoms with van der Waals surface area (Å²) in [4.78, 5) is 12.4. The Kier molecular flexibility index (Phi) is 6.81. The normalized spacial score (nSPS) is 11.3. The van der Waals surface area contributed by atoms with Gasteiger partial charge in [0.1, 0.15) is 16.4 Å². The van der Waals surface area contributed by atoms with Crippen molar-refractivity contribution in [2.45, 2.75) is 31.3 Å². The van der Waals surface area contributed by atoms with Crippen molar-refractivity contribution in [3.05, 3.63) is 53.6 Å². The lowest BCUT2D eigenvalue weighted by Crippen LogP contribution is -2.31. The molecular weight excluding hydrogens is 368 g/mol. The number of carbonyl (C=O) groups is 1. The Morgan fingerprint density at radius 3 is 2.33 bits per heavy atom. The maximum Gasteiger partial charge on any atom is 0.251 e. The van der Waals surface area contributed by atoms with Crippen LogP contribution in [0.4, 0.5) is 0 Å². The summed E-state index contributed by atoms with van der Waals surface area (Å²) in [5.74, 6) is 0.436. The fourth-order valence-corrected chi connectivity index (χ4v) is 3.97. The van der Waals surface area contributed by atoms with E-state index in [4.69, 9.17) is 9.47 Å². The average Bonchev–Trinajstić information content (AvgIpc) is 2.64. The van der Waals surface area contributed by atoms with Crippen LogP contribution in [0.25, 0.3) is 0 Å². The van der Waals surface area contributed by atoms with E-state index in [1.807, 2.05) is 18.2 Å². The Labute approximate surface area is 159 Å². The summed E-state index contributed by atoms with van der Waals surface area (Å²) in [5, 5.41) is 2.77. The van der Waals surface area contributed by atoms with Crippen LogP contribution in [0, 0.1) is 0 Å². The standard InChI is InChI=1S/C19H24N2O5S/c1-13(2)21-27(23,24)18-11-14(9-10-17(18)26-4)19(22)20-12-15-7-5-6-8-16(15)25-3/h5-11,13,21H,12H2,1-4H3,(H,20,22). The van der Waals surface area contributed by atoms with E-state index in [0.29, 0.717) is 5.75 Å². The molecule has 0 radical (unpaired) electrons. The third-order valence-electron chi connectivity index (χ3n) is 3.74. The summed E-state index contributed by atoms with van der Waals surface area (Å²) in [6.07, 6.45) is 0. The molecule has 0 saturated carbocycles. The summed E-state index contributed by atoms with van der Waals surface area (Å²) in [6.45, 7) is 3.68. The minimum Gasteiger partial charge on any atom is -0.496 e. The summed E-state index contributed by atoms with van der Waals surface area (Å²) in [5.41, 5.74) is 1.03. The van der Waals surface area contributed by atoms with Crippen LogP contribution >= 0.6 is 0 Å². The van der Waals surface area contributed by atoms with Crippen LogP contribution < -0.4 is 19.5 Å². The van der Waals surface area contributed by atoms with Crippen molar-refractivity contribution in [3.8, 4) is 11.5 Å². The SMILES string of the molecule is COc1ccccc1CNC(=O)c1ccc(OC)c(S(=O)(=O)NC(C)C)c1. The van der Waals surface area contributed by atoms with Crippen LogP contribution in [0.2, 0.25) is 0 Å². The average molecular weight is 392 g/mol. The highest BCUT2D eigenvalue weighted by Gasteiger charge is 2.22. The summed E-state index contributed by atoms with van der Waals surface area (Å²) in [6, 6.07) is 11.3. The Bertz CT molecular complexity index is 910. The van der Waals surface area contributed by atoms with Crippen molar-refractivity contribution in [2.24, 2.45) is 0 Å². The molecular formula is C19H24N2O5S. The first-order valence-electron chi connectivity index (χ1n) is 8.39. The molecule has 0 bridgehead atoms. The molecule has 0 aromatic heterocycles. The van der Waals surface area contributed by atoms with Crippen LogP contribution in [0.5, 0.6) is 11.5 Å². The van der Waals surface area contributed by atoms with Gasteiger partial charge in [-0.3, -0.25) is 4.79 Å². The zero-order valence-electron chi connectivity index (χ0n) is 15.8. The lowest BCUT2D eigenvalue weighted by Gasteiger charge is -2.14. The zero-order valence-corrected chi connectivity index (χ0v) is 16.6. The van der Waals surface area contributed by atoms with Gasteiger partial charge in [-0.05, 0) is 38.1 Å². The van der Waals surface area contributed by atoms with E-state index in [2.05, 4.69) is 10.0 Å². The van der Waals surface area contributed by atoms with Gasteiger partial charge in [0.25, 0.3) is 5.91 Å². The molecule has 0 heterocycles. The van der Waals surface area contributed by atoms with Gasteiger partial charge in [-0.25, -0.2) is 13.1 Å². The monoisotopic (exact) mass is 392 g/mol. The molecule has 0 unspecified atom stereocenters. The first-order valence-corrected chi connectivity index (χ1v) is 9.87. The van der Waals surface area contributed by atoms with Crippen LogP contribution in [-0.2, 0) is 16.6 Å². The third kappa shape index (κ3) is 5.21. The van der Waals surface area contributed by atoms with E-state index in [9.17, 15) is 13.2 Å². The van der Waals surface area contributed by atoms with Crippen LogP contribution in [0.3, 0.4) is 0 Å². The maximum atomic E-state index is 12.5. The number of ether oxygens (including phenoxy) is 2. The summed E-state index contributed by atoms with van der Waals surface area (Å²) in [7, 11) is -0.872. The number of amides is 1. The molecule has 2 aromatic rings. The van der Waals surface area contributed by atoms with Crippen molar-refractivity contribution >= 4 is 15.9 Å². The number of hydrogen-bond donors (Lipinski definition) is 2. The predicted octanol–water partition coefficient (Wildman–Crippen LogP) is 2.32. The Morgan fingerprint density at radius 2 is 1.70 bits per heavy atom. The Hall–Kier alpha value is -2.58. The highest BCUT2D eigenvalue weighted by atomic mass is 32.2. The molecule has 7 nitrogen and oxygen atoms in total. The highest BCUT2D eigenvalue weighted by Crippen LogP contribution is 2.25. The summed E-state index contributed by atoms with van der Waals surface area (Å²) >= 11 is 0. The lowest BCUT2D eigenvalue weighted by molar-refractivity contribution is 0.0950. The maximum absolute atomic E-state index is 12.5. The van der Waals surface area contributed by atoms with E-state index in [-0.39, 0.29) is 28.8 Å². The zero-order chi connectivity index (χ0) is 20.0. The van der Waals surface area contributed by atoms with Crippen molar-refractivity contribution < 1.29 is 22.7 Å². The molecule has 1 amide bonds. The number of methoxy groups -OCH3 is 2.